The smallest absolute Gasteiger partial charge is 0.251 e. The molecule has 0 atom stereocenters. The third-order valence-corrected chi connectivity index (χ3v) is 4.85. The molecule has 2 N–H and O–H groups in total. The predicted molar refractivity (Wildman–Crippen MR) is 112 cm³/mol. The summed E-state index contributed by atoms with van der Waals surface area (Å²) in [6, 6.07) is 17.0. The van der Waals surface area contributed by atoms with Crippen LogP contribution < -0.4 is 5.32 Å². The van der Waals surface area contributed by atoms with Crippen LogP contribution in [0.4, 0.5) is 0 Å². The van der Waals surface area contributed by atoms with Gasteiger partial charge in [-0.1, -0.05) is 18.2 Å². The normalized spacial score (nSPS) is 10.7. The van der Waals surface area contributed by atoms with Crippen LogP contribution in [0.25, 0.3) is 33.4 Å². The summed E-state index contributed by atoms with van der Waals surface area (Å²) in [5.74, 6) is -0.0977. The molecule has 2 aromatic carbocycles. The molecule has 2 heterocycles. The first kappa shape index (κ1) is 18.4. The number of nitrogens with zero attached hydrogens (tertiary/aromatic N) is 3. The van der Waals surface area contributed by atoms with Gasteiger partial charge in [-0.05, 0) is 49.7 Å². The van der Waals surface area contributed by atoms with Gasteiger partial charge in [0.25, 0.3) is 5.91 Å². The van der Waals surface area contributed by atoms with Gasteiger partial charge in [-0.2, -0.15) is 10.4 Å². The average molecular weight is 381 g/mol. The van der Waals surface area contributed by atoms with Crippen molar-refractivity contribution in [3.63, 3.8) is 0 Å². The van der Waals surface area contributed by atoms with E-state index in [-0.39, 0.29) is 5.91 Å². The van der Waals surface area contributed by atoms with Crippen molar-refractivity contribution in [3.05, 3.63) is 71.4 Å². The van der Waals surface area contributed by atoms with E-state index in [2.05, 4.69) is 26.6 Å². The lowest BCUT2D eigenvalue weighted by atomic mass is 10.0. The van der Waals surface area contributed by atoms with Gasteiger partial charge in [0.05, 0.1) is 22.8 Å². The van der Waals surface area contributed by atoms with E-state index < -0.39 is 0 Å². The second-order valence-electron chi connectivity index (χ2n) is 6.77. The molecule has 0 bridgehead atoms. The Morgan fingerprint density at radius 3 is 2.69 bits per heavy atom. The number of aromatic nitrogens is 3. The first-order valence-corrected chi connectivity index (χ1v) is 9.34. The zero-order valence-corrected chi connectivity index (χ0v) is 16.2. The third kappa shape index (κ3) is 3.46. The fourth-order valence-electron chi connectivity index (χ4n) is 3.28. The summed E-state index contributed by atoms with van der Waals surface area (Å²) < 4.78 is 0. The Hall–Kier alpha value is -3.98. The van der Waals surface area contributed by atoms with Gasteiger partial charge < -0.3 is 5.32 Å². The molecule has 0 aliphatic heterocycles. The predicted octanol–water partition coefficient (Wildman–Crippen LogP) is 4.22. The van der Waals surface area contributed by atoms with Crippen molar-refractivity contribution in [2.24, 2.45) is 0 Å². The molecule has 0 aliphatic carbocycles. The van der Waals surface area contributed by atoms with Crippen LogP contribution in [-0.4, -0.2) is 27.6 Å². The molecule has 142 valence electrons. The lowest BCUT2D eigenvalue weighted by Gasteiger charge is -2.09. The van der Waals surface area contributed by atoms with Crippen LogP contribution in [0.1, 0.15) is 28.4 Å². The number of aryl methyl sites for hydroxylation is 1. The fourth-order valence-corrected chi connectivity index (χ4v) is 3.28. The molecule has 0 saturated carbocycles. The SMILES string of the molecule is CCNC(=O)c1ccc(C)c(-c2cc3[nH]nc(-c4ccc(C#N)cc4)c3cn2)c1. The molecule has 0 aliphatic rings. The number of nitriles is 1. The lowest BCUT2D eigenvalue weighted by molar-refractivity contribution is 0.0956. The number of carbonyl (C=O) groups is 1. The summed E-state index contributed by atoms with van der Waals surface area (Å²) in [7, 11) is 0. The minimum atomic E-state index is -0.0977. The number of carbonyl (C=O) groups excluding carboxylic acids is 1. The second-order valence-corrected chi connectivity index (χ2v) is 6.77. The highest BCUT2D eigenvalue weighted by molar-refractivity contribution is 5.97. The van der Waals surface area contributed by atoms with Gasteiger partial charge in [0.15, 0.2) is 0 Å². The average Bonchev–Trinajstić information content (AvgIpc) is 3.17. The Labute approximate surface area is 168 Å². The Bertz CT molecular complexity index is 1250. The number of rotatable bonds is 4. The van der Waals surface area contributed by atoms with Gasteiger partial charge in [-0.25, -0.2) is 0 Å². The molecule has 4 aromatic rings. The van der Waals surface area contributed by atoms with E-state index in [0.717, 1.165) is 39.0 Å². The highest BCUT2D eigenvalue weighted by Crippen LogP contribution is 2.30. The Morgan fingerprint density at radius 2 is 1.97 bits per heavy atom. The molecule has 0 saturated heterocycles. The van der Waals surface area contributed by atoms with Gasteiger partial charge in [0, 0.05) is 34.8 Å². The summed E-state index contributed by atoms with van der Waals surface area (Å²) in [5, 5.41) is 20.2. The first-order chi connectivity index (χ1) is 14.1. The Balaban J connectivity index is 1.75. The van der Waals surface area contributed by atoms with Crippen molar-refractivity contribution in [3.8, 4) is 28.6 Å². The van der Waals surface area contributed by atoms with Crippen LogP contribution >= 0.6 is 0 Å². The number of benzene rings is 2. The largest absolute Gasteiger partial charge is 0.352 e. The number of nitrogens with one attached hydrogen (secondary N) is 2. The van der Waals surface area contributed by atoms with Crippen LogP contribution in [0, 0.1) is 18.3 Å². The molecular weight excluding hydrogens is 362 g/mol. The number of pyridine rings is 1. The zero-order chi connectivity index (χ0) is 20.4. The molecule has 0 unspecified atom stereocenters. The summed E-state index contributed by atoms with van der Waals surface area (Å²) >= 11 is 0. The molecule has 0 spiro atoms. The summed E-state index contributed by atoms with van der Waals surface area (Å²) in [6.45, 7) is 4.47. The van der Waals surface area contributed by atoms with E-state index in [0.29, 0.717) is 17.7 Å². The molecule has 2 aromatic heterocycles. The van der Waals surface area contributed by atoms with E-state index in [1.165, 1.54) is 0 Å². The maximum Gasteiger partial charge on any atom is 0.251 e. The summed E-state index contributed by atoms with van der Waals surface area (Å²) in [4.78, 5) is 16.8. The van der Waals surface area contributed by atoms with E-state index >= 15 is 0 Å². The second kappa shape index (κ2) is 7.56. The maximum absolute atomic E-state index is 12.2. The van der Waals surface area contributed by atoms with Crippen molar-refractivity contribution in [1.82, 2.24) is 20.5 Å². The van der Waals surface area contributed by atoms with Gasteiger partial charge in [0.1, 0.15) is 5.69 Å². The van der Waals surface area contributed by atoms with Crippen LogP contribution in [0.15, 0.2) is 54.7 Å². The molecule has 29 heavy (non-hydrogen) atoms. The van der Waals surface area contributed by atoms with Crippen LogP contribution in [0.5, 0.6) is 0 Å². The van der Waals surface area contributed by atoms with Crippen molar-refractivity contribution < 1.29 is 4.79 Å². The van der Waals surface area contributed by atoms with E-state index in [9.17, 15) is 4.79 Å². The summed E-state index contributed by atoms with van der Waals surface area (Å²) in [5.41, 5.74) is 6.50. The molecule has 4 rings (SSSR count). The van der Waals surface area contributed by atoms with Crippen molar-refractivity contribution in [1.29, 1.82) is 5.26 Å². The van der Waals surface area contributed by atoms with Crippen LogP contribution in [0.3, 0.4) is 0 Å². The Morgan fingerprint density at radius 1 is 1.17 bits per heavy atom. The molecule has 0 radical (unpaired) electrons. The van der Waals surface area contributed by atoms with Gasteiger partial charge in [-0.15, -0.1) is 0 Å². The monoisotopic (exact) mass is 381 g/mol. The standard InChI is InChI=1S/C23H19N5O/c1-3-25-23(29)17-7-4-14(2)18(10-17)20-11-21-19(13-26-20)22(28-27-21)16-8-5-15(12-24)6-9-16/h4-11,13H,3H2,1-2H3,(H,25,29)(H,27,28). The first-order valence-electron chi connectivity index (χ1n) is 9.34. The van der Waals surface area contributed by atoms with Crippen molar-refractivity contribution in [2.45, 2.75) is 13.8 Å². The molecule has 6 heteroatoms. The van der Waals surface area contributed by atoms with Crippen molar-refractivity contribution in [2.75, 3.05) is 6.54 Å². The van der Waals surface area contributed by atoms with Crippen LogP contribution in [-0.2, 0) is 0 Å². The number of amides is 1. The summed E-state index contributed by atoms with van der Waals surface area (Å²) in [6.07, 6.45) is 1.79. The highest BCUT2D eigenvalue weighted by Gasteiger charge is 2.13. The molecule has 6 nitrogen and oxygen atoms in total. The number of fused-ring (bicyclic) bond motifs is 1. The van der Waals surface area contributed by atoms with Gasteiger partial charge in [-0.3, -0.25) is 14.9 Å². The van der Waals surface area contributed by atoms with Crippen LogP contribution in [0.2, 0.25) is 0 Å². The minimum Gasteiger partial charge on any atom is -0.352 e. The molecular formula is C23H19N5O. The topological polar surface area (TPSA) is 94.5 Å². The minimum absolute atomic E-state index is 0.0977. The number of hydrogen-bond acceptors (Lipinski definition) is 4. The lowest BCUT2D eigenvalue weighted by Crippen LogP contribution is -2.22. The quantitative estimate of drug-likeness (QED) is 0.553. The molecule has 0 fully saturated rings. The third-order valence-electron chi connectivity index (χ3n) is 4.85. The fraction of sp³-hybridized carbons (Fsp3) is 0.130. The number of H-pyrrole nitrogens is 1. The zero-order valence-electron chi connectivity index (χ0n) is 16.2. The number of aromatic amines is 1. The molecule has 1 amide bonds. The Kier molecular flexibility index (Phi) is 4.80. The van der Waals surface area contributed by atoms with E-state index in [1.54, 1.807) is 18.3 Å². The van der Waals surface area contributed by atoms with E-state index in [1.807, 2.05) is 50.2 Å². The number of hydrogen-bond donors (Lipinski definition) is 2. The van der Waals surface area contributed by atoms with Crippen molar-refractivity contribution >= 4 is 16.8 Å². The highest BCUT2D eigenvalue weighted by atomic mass is 16.1. The van der Waals surface area contributed by atoms with E-state index in [4.69, 9.17) is 5.26 Å². The maximum atomic E-state index is 12.2. The van der Waals surface area contributed by atoms with Gasteiger partial charge in [0.2, 0.25) is 0 Å². The van der Waals surface area contributed by atoms with Gasteiger partial charge >= 0.3 is 0 Å².